The molecule has 0 spiro atoms. The van der Waals surface area contributed by atoms with Gasteiger partial charge in [-0.25, -0.2) is 4.90 Å². The lowest BCUT2D eigenvalue weighted by molar-refractivity contribution is -0.137. The van der Waals surface area contributed by atoms with Crippen molar-refractivity contribution in [1.82, 2.24) is 0 Å². The number of rotatable bonds is 5. The minimum atomic E-state index is -4.58. The van der Waals surface area contributed by atoms with E-state index < -0.39 is 23.6 Å². The Morgan fingerprint density at radius 2 is 1.88 bits per heavy atom. The van der Waals surface area contributed by atoms with Crippen molar-refractivity contribution in [2.75, 3.05) is 17.3 Å². The van der Waals surface area contributed by atoms with E-state index in [2.05, 4.69) is 0 Å². The second-order valence-electron chi connectivity index (χ2n) is 5.25. The van der Waals surface area contributed by atoms with Gasteiger partial charge in [0.25, 0.3) is 11.8 Å². The molecule has 26 heavy (non-hydrogen) atoms. The van der Waals surface area contributed by atoms with Gasteiger partial charge in [0.2, 0.25) is 0 Å². The van der Waals surface area contributed by atoms with Crippen molar-refractivity contribution < 1.29 is 27.9 Å². The molecule has 136 valence electrons. The normalized spacial score (nSPS) is 15.3. The number of halogens is 3. The molecule has 9 heteroatoms. The predicted octanol–water partition coefficient (Wildman–Crippen LogP) is 3.78. The van der Waals surface area contributed by atoms with Crippen LogP contribution in [-0.2, 0) is 15.8 Å². The lowest BCUT2D eigenvalue weighted by atomic mass is 10.1. The molecule has 3 rings (SSSR count). The number of aliphatic hydroxyl groups is 1. The van der Waals surface area contributed by atoms with Gasteiger partial charge >= 0.3 is 6.18 Å². The first kappa shape index (κ1) is 18.7. The molecule has 1 aromatic carbocycles. The summed E-state index contributed by atoms with van der Waals surface area (Å²) in [5.74, 6) is -1.16. The summed E-state index contributed by atoms with van der Waals surface area (Å²) in [5, 5.41) is 10.8. The number of hydrogen-bond acceptors (Lipinski definition) is 5. The van der Waals surface area contributed by atoms with Gasteiger partial charge in [-0.15, -0.1) is 23.1 Å². The molecule has 0 bridgehead atoms. The van der Waals surface area contributed by atoms with Crippen molar-refractivity contribution in [3.05, 3.63) is 57.1 Å². The number of hydrogen-bond donors (Lipinski definition) is 1. The van der Waals surface area contributed by atoms with Crippen molar-refractivity contribution in [2.45, 2.75) is 6.18 Å². The number of amides is 2. The van der Waals surface area contributed by atoms with Crippen LogP contribution in [0.4, 0.5) is 18.9 Å². The van der Waals surface area contributed by atoms with E-state index in [1.807, 2.05) is 0 Å². The molecule has 0 radical (unpaired) electrons. The maximum Gasteiger partial charge on any atom is 0.416 e. The maximum atomic E-state index is 13.0. The predicted molar refractivity (Wildman–Crippen MR) is 94.7 cm³/mol. The Kier molecular flexibility index (Phi) is 5.22. The Labute approximate surface area is 154 Å². The van der Waals surface area contributed by atoms with Gasteiger partial charge in [-0.2, -0.15) is 13.2 Å². The fourth-order valence-corrected chi connectivity index (χ4v) is 4.17. The lowest BCUT2D eigenvalue weighted by Crippen LogP contribution is -2.31. The van der Waals surface area contributed by atoms with Crippen LogP contribution in [0, 0.1) is 0 Å². The van der Waals surface area contributed by atoms with Gasteiger partial charge < -0.3 is 5.11 Å². The maximum absolute atomic E-state index is 13.0. The molecule has 1 N–H and O–H groups in total. The third-order valence-corrected chi connectivity index (χ3v) is 5.52. The van der Waals surface area contributed by atoms with Crippen LogP contribution >= 0.6 is 23.1 Å². The topological polar surface area (TPSA) is 57.6 Å². The summed E-state index contributed by atoms with van der Waals surface area (Å²) in [7, 11) is 0. The number of carbonyl (C=O) groups is 2. The number of benzene rings is 1. The highest BCUT2D eigenvalue weighted by atomic mass is 32.2. The summed E-state index contributed by atoms with van der Waals surface area (Å²) < 4.78 is 38.9. The largest absolute Gasteiger partial charge is 0.416 e. The summed E-state index contributed by atoms with van der Waals surface area (Å²) in [6, 6.07) is 7.48. The van der Waals surface area contributed by atoms with Gasteiger partial charge in [0, 0.05) is 10.6 Å². The van der Waals surface area contributed by atoms with Gasteiger partial charge in [0.05, 0.1) is 28.3 Å². The molecular formula is C17H12F3NO3S2. The van der Waals surface area contributed by atoms with Crippen molar-refractivity contribution >= 4 is 46.2 Å². The first-order valence-corrected chi connectivity index (χ1v) is 9.29. The van der Waals surface area contributed by atoms with Gasteiger partial charge in [-0.1, -0.05) is 12.1 Å². The van der Waals surface area contributed by atoms with Gasteiger partial charge in [-0.05, 0) is 29.6 Å². The van der Waals surface area contributed by atoms with E-state index in [1.165, 1.54) is 17.4 Å². The molecule has 0 fully saturated rings. The van der Waals surface area contributed by atoms with E-state index in [1.54, 1.807) is 17.5 Å². The van der Waals surface area contributed by atoms with Gasteiger partial charge in [-0.3, -0.25) is 9.59 Å². The minimum Gasteiger partial charge on any atom is -0.396 e. The van der Waals surface area contributed by atoms with E-state index in [4.69, 9.17) is 5.11 Å². The van der Waals surface area contributed by atoms with Crippen LogP contribution in [0.1, 0.15) is 10.4 Å². The zero-order chi connectivity index (χ0) is 18.9. The average Bonchev–Trinajstić information content (AvgIpc) is 3.19. The molecule has 0 atom stereocenters. The quantitative estimate of drug-likeness (QED) is 0.778. The number of alkyl halides is 3. The lowest BCUT2D eigenvalue weighted by Gasteiger charge is -2.17. The number of thiophene rings is 1. The fraction of sp³-hybridized carbons (Fsp3) is 0.176. The molecule has 2 aromatic rings. The zero-order valence-electron chi connectivity index (χ0n) is 13.1. The monoisotopic (exact) mass is 399 g/mol. The molecule has 1 aliphatic heterocycles. The first-order valence-electron chi connectivity index (χ1n) is 7.42. The van der Waals surface area contributed by atoms with Crippen molar-refractivity contribution in [1.29, 1.82) is 0 Å². The molecule has 2 heterocycles. The Morgan fingerprint density at radius 1 is 1.12 bits per heavy atom. The molecule has 0 aliphatic carbocycles. The third-order valence-electron chi connectivity index (χ3n) is 3.58. The smallest absolute Gasteiger partial charge is 0.396 e. The molecular weight excluding hydrogens is 387 g/mol. The van der Waals surface area contributed by atoms with Gasteiger partial charge in [0.15, 0.2) is 0 Å². The van der Waals surface area contributed by atoms with Crippen LogP contribution in [0.3, 0.4) is 0 Å². The van der Waals surface area contributed by atoms with Crippen LogP contribution in [0.25, 0.3) is 5.57 Å². The number of thioether (sulfide) groups is 1. The summed E-state index contributed by atoms with van der Waals surface area (Å²) in [6.07, 6.45) is -4.58. The van der Waals surface area contributed by atoms with Crippen LogP contribution in [0.15, 0.2) is 46.7 Å². The molecule has 0 unspecified atom stereocenters. The number of imide groups is 1. The van der Waals surface area contributed by atoms with Crippen molar-refractivity contribution in [3.8, 4) is 0 Å². The van der Waals surface area contributed by atoms with E-state index >= 15 is 0 Å². The van der Waals surface area contributed by atoms with E-state index in [0.29, 0.717) is 4.88 Å². The Morgan fingerprint density at radius 3 is 2.50 bits per heavy atom. The Bertz CT molecular complexity index is 876. The summed E-state index contributed by atoms with van der Waals surface area (Å²) in [5.41, 5.74) is -0.922. The number of carbonyl (C=O) groups excluding carboxylic acids is 2. The highest BCUT2D eigenvalue weighted by molar-refractivity contribution is 8.04. The molecule has 0 saturated heterocycles. The third kappa shape index (κ3) is 3.42. The molecule has 1 aromatic heterocycles. The molecule has 4 nitrogen and oxygen atoms in total. The molecule has 1 aliphatic rings. The van der Waals surface area contributed by atoms with E-state index in [-0.39, 0.29) is 28.5 Å². The van der Waals surface area contributed by atoms with Crippen LogP contribution < -0.4 is 4.90 Å². The number of anilines is 1. The standard InChI is InChI=1S/C17H12F3NO3S2/c18-17(19,20)10-3-1-4-11(9-10)21-15(23)13(12-5-2-7-25-12)14(16(21)24)26-8-6-22/h1-5,7,9,22H,6,8H2. The van der Waals surface area contributed by atoms with Crippen LogP contribution in [0.5, 0.6) is 0 Å². The molecule has 0 saturated carbocycles. The molecule has 2 amide bonds. The average molecular weight is 399 g/mol. The second-order valence-corrected chi connectivity index (χ2v) is 7.30. The Balaban J connectivity index is 2.04. The van der Waals surface area contributed by atoms with E-state index in [0.717, 1.165) is 34.9 Å². The van der Waals surface area contributed by atoms with E-state index in [9.17, 15) is 22.8 Å². The number of aliphatic hydroxyl groups excluding tert-OH is 1. The highest BCUT2D eigenvalue weighted by Crippen LogP contribution is 2.40. The summed E-state index contributed by atoms with van der Waals surface area (Å²) in [4.78, 5) is 27.0. The van der Waals surface area contributed by atoms with Crippen LogP contribution in [0.2, 0.25) is 0 Å². The highest BCUT2D eigenvalue weighted by Gasteiger charge is 2.41. The van der Waals surface area contributed by atoms with Crippen molar-refractivity contribution in [3.63, 3.8) is 0 Å². The fourth-order valence-electron chi connectivity index (χ4n) is 2.49. The Hall–Kier alpha value is -2.10. The zero-order valence-corrected chi connectivity index (χ0v) is 14.7. The summed E-state index contributed by atoms with van der Waals surface area (Å²) >= 11 is 2.27. The SMILES string of the molecule is O=C1C(SCCO)=C(c2cccs2)C(=O)N1c1cccc(C(F)(F)F)c1. The van der Waals surface area contributed by atoms with Crippen LogP contribution in [-0.4, -0.2) is 29.3 Å². The minimum absolute atomic E-state index is 0.129. The van der Waals surface area contributed by atoms with Gasteiger partial charge in [0.1, 0.15) is 0 Å². The first-order chi connectivity index (χ1) is 12.3. The number of nitrogens with zero attached hydrogens (tertiary/aromatic N) is 1. The second kappa shape index (κ2) is 7.26. The van der Waals surface area contributed by atoms with Crippen molar-refractivity contribution in [2.24, 2.45) is 0 Å². The summed E-state index contributed by atoms with van der Waals surface area (Å²) in [6.45, 7) is -0.198.